The van der Waals surface area contributed by atoms with E-state index in [1.807, 2.05) is 24.3 Å². The van der Waals surface area contributed by atoms with E-state index in [0.717, 1.165) is 11.3 Å². The molecule has 0 unspecified atom stereocenters. The van der Waals surface area contributed by atoms with Crippen LogP contribution in [0.4, 0.5) is 0 Å². The van der Waals surface area contributed by atoms with E-state index in [-0.39, 0.29) is 11.2 Å². The highest BCUT2D eigenvalue weighted by Gasteiger charge is 2.17. The fourth-order valence-corrected chi connectivity index (χ4v) is 1.72. The van der Waals surface area contributed by atoms with Crippen LogP contribution in [0.15, 0.2) is 24.3 Å². The van der Waals surface area contributed by atoms with E-state index in [0.29, 0.717) is 12.8 Å². The molecule has 0 aliphatic carbocycles. The van der Waals surface area contributed by atoms with Gasteiger partial charge in [-0.15, -0.1) is 0 Å². The Morgan fingerprint density at radius 2 is 1.88 bits per heavy atom. The van der Waals surface area contributed by atoms with Crippen LogP contribution in [0.1, 0.15) is 32.8 Å². The number of hydrogen-bond donors (Lipinski definition) is 0. The number of methoxy groups -OCH3 is 1. The van der Waals surface area contributed by atoms with Crippen LogP contribution in [0.3, 0.4) is 0 Å². The zero-order valence-corrected chi connectivity index (χ0v) is 10.5. The first-order chi connectivity index (χ1) is 7.42. The zero-order chi connectivity index (χ0) is 12.2. The van der Waals surface area contributed by atoms with Gasteiger partial charge in [0.15, 0.2) is 0 Å². The minimum absolute atomic E-state index is 0.0547. The lowest BCUT2D eigenvalue weighted by molar-refractivity contribution is -0.120. The summed E-state index contributed by atoms with van der Waals surface area (Å²) in [5.74, 6) is 1.06. The molecule has 0 saturated carbocycles. The molecule has 88 valence electrons. The summed E-state index contributed by atoms with van der Waals surface area (Å²) in [6.45, 7) is 6.23. The first-order valence-corrected chi connectivity index (χ1v) is 5.56. The van der Waals surface area contributed by atoms with Crippen LogP contribution in [-0.2, 0) is 11.2 Å². The van der Waals surface area contributed by atoms with Crippen LogP contribution in [0, 0.1) is 5.41 Å². The van der Waals surface area contributed by atoms with Crippen molar-refractivity contribution in [3.8, 4) is 5.75 Å². The minimum atomic E-state index is 0.0547. The van der Waals surface area contributed by atoms with Crippen LogP contribution in [0.2, 0.25) is 0 Å². The maximum Gasteiger partial charge on any atom is 0.137 e. The van der Waals surface area contributed by atoms with Crippen LogP contribution in [0.5, 0.6) is 5.75 Å². The Hall–Kier alpha value is -1.31. The van der Waals surface area contributed by atoms with Gasteiger partial charge in [0, 0.05) is 18.4 Å². The Kier molecular flexibility index (Phi) is 4.11. The van der Waals surface area contributed by atoms with Gasteiger partial charge in [0.1, 0.15) is 11.5 Å². The van der Waals surface area contributed by atoms with E-state index in [1.54, 1.807) is 7.11 Å². The highest BCUT2D eigenvalue weighted by Crippen LogP contribution is 2.23. The Balaban J connectivity index is 2.70. The van der Waals surface area contributed by atoms with Crippen molar-refractivity contribution in [2.24, 2.45) is 5.41 Å². The van der Waals surface area contributed by atoms with Gasteiger partial charge >= 0.3 is 0 Å². The monoisotopic (exact) mass is 220 g/mol. The van der Waals surface area contributed by atoms with Crippen LogP contribution < -0.4 is 4.74 Å². The van der Waals surface area contributed by atoms with Crippen molar-refractivity contribution in [1.29, 1.82) is 0 Å². The van der Waals surface area contributed by atoms with Gasteiger partial charge in [-0.3, -0.25) is 4.79 Å². The van der Waals surface area contributed by atoms with Gasteiger partial charge < -0.3 is 4.74 Å². The van der Waals surface area contributed by atoms with E-state index in [2.05, 4.69) is 20.8 Å². The van der Waals surface area contributed by atoms with Crippen molar-refractivity contribution in [2.45, 2.75) is 33.6 Å². The molecular formula is C14H20O2. The number of hydrogen-bond acceptors (Lipinski definition) is 2. The molecule has 0 N–H and O–H groups in total. The second-order valence-electron chi connectivity index (χ2n) is 5.26. The number of ketones is 1. The first-order valence-electron chi connectivity index (χ1n) is 5.56. The molecule has 0 spiro atoms. The number of para-hydroxylation sites is 1. The number of rotatable bonds is 4. The summed E-state index contributed by atoms with van der Waals surface area (Å²) in [5, 5.41) is 0. The van der Waals surface area contributed by atoms with Gasteiger partial charge in [0.25, 0.3) is 0 Å². The topological polar surface area (TPSA) is 26.3 Å². The Morgan fingerprint density at radius 3 is 2.44 bits per heavy atom. The molecule has 1 aromatic carbocycles. The third kappa shape index (κ3) is 4.05. The van der Waals surface area contributed by atoms with Gasteiger partial charge in [-0.25, -0.2) is 0 Å². The van der Waals surface area contributed by atoms with Gasteiger partial charge in [-0.1, -0.05) is 39.0 Å². The SMILES string of the molecule is COc1ccccc1CC(=O)CC(C)(C)C. The molecule has 2 heteroatoms. The Morgan fingerprint density at radius 1 is 1.25 bits per heavy atom. The molecule has 0 radical (unpaired) electrons. The molecule has 16 heavy (non-hydrogen) atoms. The number of Topliss-reactive ketones (excluding diaryl/α,β-unsaturated/α-hetero) is 1. The summed E-state index contributed by atoms with van der Waals surface area (Å²) in [7, 11) is 1.63. The van der Waals surface area contributed by atoms with Crippen LogP contribution in [0.25, 0.3) is 0 Å². The Bertz CT molecular complexity index is 361. The highest BCUT2D eigenvalue weighted by molar-refractivity contribution is 5.82. The molecule has 2 nitrogen and oxygen atoms in total. The van der Waals surface area contributed by atoms with Crippen LogP contribution in [-0.4, -0.2) is 12.9 Å². The number of benzene rings is 1. The number of carbonyl (C=O) groups is 1. The summed E-state index contributed by atoms with van der Waals surface area (Å²) in [6.07, 6.45) is 1.06. The van der Waals surface area contributed by atoms with E-state index in [4.69, 9.17) is 4.74 Å². The summed E-state index contributed by atoms with van der Waals surface area (Å²) >= 11 is 0. The fourth-order valence-electron chi connectivity index (χ4n) is 1.72. The molecule has 0 fully saturated rings. The predicted octanol–water partition coefficient (Wildman–Crippen LogP) is 3.24. The van der Waals surface area contributed by atoms with Crippen molar-refractivity contribution in [2.75, 3.05) is 7.11 Å². The molecule has 1 rings (SSSR count). The number of carbonyl (C=O) groups excluding carboxylic acids is 1. The standard InChI is InChI=1S/C14H20O2/c1-14(2,3)10-12(15)9-11-7-5-6-8-13(11)16-4/h5-8H,9-10H2,1-4H3. The maximum absolute atomic E-state index is 11.8. The molecule has 0 amide bonds. The lowest BCUT2D eigenvalue weighted by Gasteiger charge is -2.17. The molecule has 0 aliphatic rings. The van der Waals surface area contributed by atoms with E-state index >= 15 is 0 Å². The first kappa shape index (κ1) is 12.8. The predicted molar refractivity (Wildman–Crippen MR) is 65.8 cm³/mol. The summed E-state index contributed by atoms with van der Waals surface area (Å²) < 4.78 is 5.22. The van der Waals surface area contributed by atoms with Crippen LogP contribution >= 0.6 is 0 Å². The fraction of sp³-hybridized carbons (Fsp3) is 0.500. The summed E-state index contributed by atoms with van der Waals surface area (Å²) in [6, 6.07) is 7.68. The summed E-state index contributed by atoms with van der Waals surface area (Å²) in [5.41, 5.74) is 1.03. The molecule has 0 heterocycles. The average Bonchev–Trinajstić information content (AvgIpc) is 2.15. The molecule has 0 aliphatic heterocycles. The molecular weight excluding hydrogens is 200 g/mol. The third-order valence-electron chi connectivity index (χ3n) is 2.31. The normalized spacial score (nSPS) is 11.2. The zero-order valence-electron chi connectivity index (χ0n) is 10.5. The van der Waals surface area contributed by atoms with Gasteiger partial charge in [0.05, 0.1) is 7.11 Å². The van der Waals surface area contributed by atoms with Gasteiger partial charge in [-0.2, -0.15) is 0 Å². The molecule has 0 aromatic heterocycles. The smallest absolute Gasteiger partial charge is 0.137 e. The van der Waals surface area contributed by atoms with Crippen molar-refractivity contribution in [3.63, 3.8) is 0 Å². The summed E-state index contributed by atoms with van der Waals surface area (Å²) in [4.78, 5) is 11.8. The average molecular weight is 220 g/mol. The van der Waals surface area contributed by atoms with Gasteiger partial charge in [-0.05, 0) is 11.5 Å². The lowest BCUT2D eigenvalue weighted by atomic mass is 9.88. The minimum Gasteiger partial charge on any atom is -0.496 e. The highest BCUT2D eigenvalue weighted by atomic mass is 16.5. The Labute approximate surface area is 97.6 Å². The quantitative estimate of drug-likeness (QED) is 0.778. The molecule has 1 aromatic rings. The molecule has 0 atom stereocenters. The van der Waals surface area contributed by atoms with E-state index in [9.17, 15) is 4.79 Å². The second-order valence-corrected chi connectivity index (χ2v) is 5.26. The molecule has 0 bridgehead atoms. The molecule has 0 saturated heterocycles. The lowest BCUT2D eigenvalue weighted by Crippen LogP contribution is -2.14. The van der Waals surface area contributed by atoms with E-state index < -0.39 is 0 Å². The van der Waals surface area contributed by atoms with E-state index in [1.165, 1.54) is 0 Å². The van der Waals surface area contributed by atoms with Crippen molar-refractivity contribution in [3.05, 3.63) is 29.8 Å². The number of ether oxygens (including phenoxy) is 1. The maximum atomic E-state index is 11.8. The largest absolute Gasteiger partial charge is 0.496 e. The van der Waals surface area contributed by atoms with Crippen molar-refractivity contribution < 1.29 is 9.53 Å². The second kappa shape index (κ2) is 5.15. The van der Waals surface area contributed by atoms with Gasteiger partial charge in [0.2, 0.25) is 0 Å². The van der Waals surface area contributed by atoms with Crippen molar-refractivity contribution in [1.82, 2.24) is 0 Å². The third-order valence-corrected chi connectivity index (χ3v) is 2.31. The van der Waals surface area contributed by atoms with Crippen molar-refractivity contribution >= 4 is 5.78 Å².